The van der Waals surface area contributed by atoms with Gasteiger partial charge in [-0.3, -0.25) is 13.9 Å². The first kappa shape index (κ1) is 32.8. The lowest BCUT2D eigenvalue weighted by atomic mass is 10.1. The predicted octanol–water partition coefficient (Wildman–Crippen LogP) is 6.98. The van der Waals surface area contributed by atoms with E-state index < -0.39 is 28.5 Å². The van der Waals surface area contributed by atoms with Crippen LogP contribution in [0.5, 0.6) is 0 Å². The highest BCUT2D eigenvalue weighted by molar-refractivity contribution is 7.92. The number of benzene rings is 3. The van der Waals surface area contributed by atoms with Gasteiger partial charge in [0.1, 0.15) is 12.6 Å². The number of rotatable bonds is 11. The van der Waals surface area contributed by atoms with Crippen LogP contribution in [0.15, 0.2) is 65.6 Å². The molecule has 0 aromatic heterocycles. The number of halogens is 2. The number of aryl methyl sites for hydroxylation is 2. The van der Waals surface area contributed by atoms with E-state index in [0.29, 0.717) is 27.7 Å². The molecule has 1 aliphatic carbocycles. The zero-order valence-corrected chi connectivity index (χ0v) is 27.4. The maximum absolute atomic E-state index is 14.4. The summed E-state index contributed by atoms with van der Waals surface area (Å²) in [5, 5.41) is 3.83. The summed E-state index contributed by atoms with van der Waals surface area (Å²) in [6.07, 6.45) is 4.19. The van der Waals surface area contributed by atoms with Crippen molar-refractivity contribution in [3.8, 4) is 0 Å². The molecule has 1 saturated carbocycles. The largest absolute Gasteiger partial charge is 0.352 e. The highest BCUT2D eigenvalue weighted by Gasteiger charge is 2.35. The average Bonchev–Trinajstić information content (AvgIpc) is 3.48. The molecule has 0 saturated heterocycles. The fraction of sp³-hybridized carbons (Fsp3) is 0.394. The van der Waals surface area contributed by atoms with Gasteiger partial charge in [0.05, 0.1) is 10.6 Å². The van der Waals surface area contributed by atoms with Crippen LogP contribution in [-0.2, 0) is 26.2 Å². The molecule has 3 aromatic rings. The number of carbonyl (C=O) groups is 2. The van der Waals surface area contributed by atoms with E-state index in [1.165, 1.54) is 4.90 Å². The van der Waals surface area contributed by atoms with Crippen LogP contribution < -0.4 is 9.62 Å². The summed E-state index contributed by atoms with van der Waals surface area (Å²) in [4.78, 5) is 29.5. The van der Waals surface area contributed by atoms with Crippen molar-refractivity contribution < 1.29 is 18.0 Å². The van der Waals surface area contributed by atoms with Crippen LogP contribution in [0.4, 0.5) is 5.69 Å². The van der Waals surface area contributed by atoms with Crippen molar-refractivity contribution in [1.82, 2.24) is 10.2 Å². The molecule has 0 unspecified atom stereocenters. The number of hydrogen-bond acceptors (Lipinski definition) is 4. The number of amides is 2. The molecule has 0 aliphatic heterocycles. The molecule has 0 bridgehead atoms. The van der Waals surface area contributed by atoms with Crippen LogP contribution in [0.2, 0.25) is 10.0 Å². The van der Waals surface area contributed by atoms with Gasteiger partial charge >= 0.3 is 0 Å². The Hall–Kier alpha value is -3.07. The Kier molecular flexibility index (Phi) is 10.8. The first-order chi connectivity index (χ1) is 20.4. The van der Waals surface area contributed by atoms with Gasteiger partial charge in [-0.1, -0.05) is 78.9 Å². The average molecular weight is 645 g/mol. The number of carbonyl (C=O) groups excluding carboxylic acids is 2. The van der Waals surface area contributed by atoms with Gasteiger partial charge in [0.2, 0.25) is 11.8 Å². The molecule has 1 aliphatic rings. The smallest absolute Gasteiger partial charge is 0.264 e. The summed E-state index contributed by atoms with van der Waals surface area (Å²) in [5.41, 5.74) is 3.42. The third-order valence-electron chi connectivity index (χ3n) is 8.21. The number of anilines is 1. The number of nitrogens with one attached hydrogen (secondary N) is 1. The van der Waals surface area contributed by atoms with Crippen LogP contribution in [0.25, 0.3) is 0 Å². The molecule has 7 nitrogen and oxygen atoms in total. The van der Waals surface area contributed by atoms with E-state index in [4.69, 9.17) is 23.2 Å². The van der Waals surface area contributed by atoms with E-state index in [2.05, 4.69) is 5.32 Å². The molecule has 3 aromatic carbocycles. The first-order valence-corrected chi connectivity index (χ1v) is 16.8. The minimum absolute atomic E-state index is 0.0516. The van der Waals surface area contributed by atoms with Crippen molar-refractivity contribution in [2.24, 2.45) is 0 Å². The van der Waals surface area contributed by atoms with E-state index in [1.54, 1.807) is 54.6 Å². The monoisotopic (exact) mass is 643 g/mol. The molecular formula is C33H39Cl2N3O4S. The Morgan fingerprint density at radius 1 is 0.930 bits per heavy atom. The maximum atomic E-state index is 14.4. The highest BCUT2D eigenvalue weighted by Crippen LogP contribution is 2.31. The van der Waals surface area contributed by atoms with Crippen molar-refractivity contribution >= 4 is 50.7 Å². The molecule has 0 radical (unpaired) electrons. The Morgan fingerprint density at radius 3 is 2.14 bits per heavy atom. The van der Waals surface area contributed by atoms with Gasteiger partial charge in [0.25, 0.3) is 10.0 Å². The van der Waals surface area contributed by atoms with Crippen molar-refractivity contribution in [3.05, 3.63) is 93.0 Å². The lowest BCUT2D eigenvalue weighted by molar-refractivity contribution is -0.140. The summed E-state index contributed by atoms with van der Waals surface area (Å²) in [6.45, 7) is 6.86. The van der Waals surface area contributed by atoms with Crippen molar-refractivity contribution in [2.45, 2.75) is 83.3 Å². The Morgan fingerprint density at radius 2 is 1.53 bits per heavy atom. The summed E-state index contributed by atoms with van der Waals surface area (Å²) < 4.78 is 29.5. The van der Waals surface area contributed by atoms with Gasteiger partial charge in [0, 0.05) is 28.2 Å². The quantitative estimate of drug-likeness (QED) is 0.244. The number of sulfonamides is 1. The maximum Gasteiger partial charge on any atom is 0.264 e. The fourth-order valence-corrected chi connectivity index (χ4v) is 7.49. The molecule has 10 heteroatoms. The van der Waals surface area contributed by atoms with E-state index in [9.17, 15) is 18.0 Å². The van der Waals surface area contributed by atoms with Crippen molar-refractivity contribution in [2.75, 3.05) is 10.8 Å². The minimum atomic E-state index is -4.17. The first-order valence-electron chi connectivity index (χ1n) is 14.6. The summed E-state index contributed by atoms with van der Waals surface area (Å²) >= 11 is 13.0. The van der Waals surface area contributed by atoms with Crippen LogP contribution in [-0.4, -0.2) is 43.8 Å². The molecule has 4 rings (SSSR count). The Labute approximate surface area is 265 Å². The summed E-state index contributed by atoms with van der Waals surface area (Å²) in [7, 11) is -4.17. The Bertz CT molecular complexity index is 1550. The van der Waals surface area contributed by atoms with Crippen LogP contribution in [0.1, 0.15) is 61.3 Å². The number of nitrogens with zero attached hydrogens (tertiary/aromatic N) is 2. The van der Waals surface area contributed by atoms with Gasteiger partial charge < -0.3 is 10.2 Å². The second-order valence-electron chi connectivity index (χ2n) is 11.2. The van der Waals surface area contributed by atoms with E-state index >= 15 is 0 Å². The van der Waals surface area contributed by atoms with Gasteiger partial charge in [-0.25, -0.2) is 8.42 Å². The standard InChI is InChI=1S/C33H39Cl2N3O4S/c1-5-30(33(40)36-25-11-6-7-12-25)37(20-27-28(34)13-9-14-29(27)35)32(39)21-38(31-15-8-10-23(3)24(31)4)43(41,42)26-18-16-22(2)17-19-26/h8-10,13-19,25,30H,5-7,11-12,20-21H2,1-4H3,(H,36,40)/t30-/m1/s1. The SMILES string of the molecule is CC[C@H](C(=O)NC1CCCC1)N(Cc1c(Cl)cccc1Cl)C(=O)CN(c1cccc(C)c1C)S(=O)(=O)c1ccc(C)cc1. The topological polar surface area (TPSA) is 86.8 Å². The highest BCUT2D eigenvalue weighted by atomic mass is 35.5. The second kappa shape index (κ2) is 14.1. The van der Waals surface area contributed by atoms with Crippen LogP contribution in [0, 0.1) is 20.8 Å². The summed E-state index contributed by atoms with van der Waals surface area (Å²) in [6, 6.07) is 16.1. The van der Waals surface area contributed by atoms with Crippen LogP contribution in [0.3, 0.4) is 0 Å². The zero-order chi connectivity index (χ0) is 31.3. The molecular weight excluding hydrogens is 605 g/mol. The number of hydrogen-bond donors (Lipinski definition) is 1. The minimum Gasteiger partial charge on any atom is -0.352 e. The van der Waals surface area contributed by atoms with Gasteiger partial charge in [-0.15, -0.1) is 0 Å². The molecule has 1 N–H and O–H groups in total. The van der Waals surface area contributed by atoms with Gasteiger partial charge in [0.15, 0.2) is 0 Å². The molecule has 0 heterocycles. The van der Waals surface area contributed by atoms with Crippen LogP contribution >= 0.6 is 23.2 Å². The van der Waals surface area contributed by atoms with E-state index in [1.807, 2.05) is 33.8 Å². The lowest BCUT2D eigenvalue weighted by Gasteiger charge is -2.34. The molecule has 1 fully saturated rings. The van der Waals surface area contributed by atoms with Crippen molar-refractivity contribution in [1.29, 1.82) is 0 Å². The molecule has 0 spiro atoms. The predicted molar refractivity (Wildman–Crippen MR) is 173 cm³/mol. The van der Waals surface area contributed by atoms with Gasteiger partial charge in [-0.05, 0) is 81.5 Å². The van der Waals surface area contributed by atoms with Crippen molar-refractivity contribution in [3.63, 3.8) is 0 Å². The third kappa shape index (κ3) is 7.54. The molecule has 1 atom stereocenters. The summed E-state index contributed by atoms with van der Waals surface area (Å²) in [5.74, 6) is -0.813. The molecule has 43 heavy (non-hydrogen) atoms. The second-order valence-corrected chi connectivity index (χ2v) is 13.9. The molecule has 2 amide bonds. The zero-order valence-electron chi connectivity index (χ0n) is 25.1. The Balaban J connectivity index is 1.78. The van der Waals surface area contributed by atoms with E-state index in [-0.39, 0.29) is 23.4 Å². The normalized spacial score (nSPS) is 14.4. The lowest BCUT2D eigenvalue weighted by Crippen LogP contribution is -2.53. The van der Waals surface area contributed by atoms with E-state index in [0.717, 1.165) is 46.7 Å². The molecule has 230 valence electrons. The third-order valence-corrected chi connectivity index (χ3v) is 10.7. The fourth-order valence-electron chi connectivity index (χ4n) is 5.50. The van der Waals surface area contributed by atoms with Gasteiger partial charge in [-0.2, -0.15) is 0 Å².